The first-order chi connectivity index (χ1) is 5.97. The third kappa shape index (κ3) is 4.84. The van der Waals surface area contributed by atoms with Crippen molar-refractivity contribution in [3.8, 4) is 0 Å². The van der Waals surface area contributed by atoms with Gasteiger partial charge in [-0.25, -0.2) is 0 Å². The molecule has 74 valence electrons. The number of rotatable bonds is 4. The Morgan fingerprint density at radius 1 is 1.54 bits per heavy atom. The molecule has 0 saturated carbocycles. The number of alkyl halides is 2. The van der Waals surface area contributed by atoms with Gasteiger partial charge in [-0.05, 0) is 24.8 Å². The monoisotopic (exact) mass is 190 g/mol. The van der Waals surface area contributed by atoms with Crippen LogP contribution in [0.3, 0.4) is 0 Å². The summed E-state index contributed by atoms with van der Waals surface area (Å²) in [4.78, 5) is 0. The molecule has 0 rings (SSSR count). The molecule has 0 aliphatic heterocycles. The van der Waals surface area contributed by atoms with Gasteiger partial charge >= 0.3 is 6.61 Å². The molecule has 0 saturated heterocycles. The number of allylic oxidation sites excluding steroid dienone is 2. The third-order valence-corrected chi connectivity index (χ3v) is 1.15. The average molecular weight is 190 g/mol. The highest BCUT2D eigenvalue weighted by molar-refractivity contribution is 5.28. The molecule has 0 aliphatic rings. The molecule has 4 N–H and O–H groups in total. The highest BCUT2D eigenvalue weighted by atomic mass is 19.3. The zero-order chi connectivity index (χ0) is 10.4. The molecule has 0 radical (unpaired) electrons. The Hall–Kier alpha value is -1.52. The van der Waals surface area contributed by atoms with Gasteiger partial charge in [0.2, 0.25) is 0 Å². The van der Waals surface area contributed by atoms with Crippen LogP contribution in [0.2, 0.25) is 0 Å². The van der Waals surface area contributed by atoms with Crippen LogP contribution in [-0.2, 0) is 4.74 Å². The maximum atomic E-state index is 11.8. The minimum atomic E-state index is -2.92. The number of nitrogens with two attached hydrogens (primary N) is 2. The van der Waals surface area contributed by atoms with E-state index in [0.717, 1.165) is 0 Å². The van der Waals surface area contributed by atoms with E-state index in [4.69, 9.17) is 11.5 Å². The van der Waals surface area contributed by atoms with E-state index in [1.807, 2.05) is 0 Å². The zero-order valence-electron chi connectivity index (χ0n) is 7.26. The fraction of sp³-hybridized carbons (Fsp3) is 0.250. The molecule has 5 heteroatoms. The predicted molar refractivity (Wildman–Crippen MR) is 46.4 cm³/mol. The molecule has 0 spiro atoms. The highest BCUT2D eigenvalue weighted by Crippen LogP contribution is 2.12. The summed E-state index contributed by atoms with van der Waals surface area (Å²) >= 11 is 0. The lowest BCUT2D eigenvalue weighted by Gasteiger charge is -2.08. The summed E-state index contributed by atoms with van der Waals surface area (Å²) < 4.78 is 27.7. The van der Waals surface area contributed by atoms with E-state index in [-0.39, 0.29) is 11.5 Å². The van der Waals surface area contributed by atoms with Crippen molar-refractivity contribution in [1.82, 2.24) is 0 Å². The number of halogens is 2. The smallest absolute Gasteiger partial charge is 0.387 e. The second-order valence-corrected chi connectivity index (χ2v) is 2.32. The Morgan fingerprint density at radius 2 is 2.08 bits per heavy atom. The van der Waals surface area contributed by atoms with Crippen molar-refractivity contribution in [2.45, 2.75) is 13.5 Å². The Balaban J connectivity index is 4.61. The van der Waals surface area contributed by atoms with Crippen LogP contribution >= 0.6 is 0 Å². The minimum Gasteiger partial charge on any atom is -0.433 e. The first-order valence-corrected chi connectivity index (χ1v) is 3.47. The van der Waals surface area contributed by atoms with Crippen LogP contribution in [0.4, 0.5) is 8.78 Å². The molecular formula is C8H12F2N2O. The lowest BCUT2D eigenvalue weighted by Crippen LogP contribution is -2.07. The Kier molecular flexibility index (Phi) is 4.58. The molecule has 0 heterocycles. The SMILES string of the molecule is C=C(N)/C(=C\C(C)=C/N)OC(F)F. The van der Waals surface area contributed by atoms with E-state index < -0.39 is 6.61 Å². The van der Waals surface area contributed by atoms with Gasteiger partial charge < -0.3 is 16.2 Å². The Morgan fingerprint density at radius 3 is 2.38 bits per heavy atom. The highest BCUT2D eigenvalue weighted by Gasteiger charge is 2.08. The Bertz CT molecular complexity index is 247. The van der Waals surface area contributed by atoms with Gasteiger partial charge in [0, 0.05) is 0 Å². The standard InChI is InChI=1S/C8H12F2N2O/c1-5(4-11)3-7(6(2)12)13-8(9)10/h3-4,8H,2,11-12H2,1H3/b5-4-,7-3+. The van der Waals surface area contributed by atoms with Gasteiger partial charge in [0.05, 0.1) is 5.70 Å². The van der Waals surface area contributed by atoms with Gasteiger partial charge in [-0.3, -0.25) is 0 Å². The van der Waals surface area contributed by atoms with E-state index in [0.29, 0.717) is 5.57 Å². The van der Waals surface area contributed by atoms with Crippen molar-refractivity contribution < 1.29 is 13.5 Å². The molecule has 0 aromatic rings. The fourth-order valence-electron chi connectivity index (χ4n) is 0.553. The molecule has 0 unspecified atom stereocenters. The van der Waals surface area contributed by atoms with Crippen molar-refractivity contribution in [1.29, 1.82) is 0 Å². The molecule has 0 aromatic carbocycles. The van der Waals surface area contributed by atoms with Gasteiger partial charge in [-0.2, -0.15) is 8.78 Å². The van der Waals surface area contributed by atoms with Crippen molar-refractivity contribution in [3.05, 3.63) is 35.9 Å². The normalized spacial score (nSPS) is 13.2. The van der Waals surface area contributed by atoms with Gasteiger partial charge in [-0.1, -0.05) is 6.58 Å². The number of hydrogen-bond acceptors (Lipinski definition) is 3. The summed E-state index contributed by atoms with van der Waals surface area (Å²) in [5.41, 5.74) is 10.8. The van der Waals surface area contributed by atoms with Gasteiger partial charge in [0.25, 0.3) is 0 Å². The summed E-state index contributed by atoms with van der Waals surface area (Å²) in [7, 11) is 0. The van der Waals surface area contributed by atoms with Crippen LogP contribution in [0.15, 0.2) is 35.9 Å². The molecule has 0 fully saturated rings. The van der Waals surface area contributed by atoms with Crippen LogP contribution in [0.5, 0.6) is 0 Å². The van der Waals surface area contributed by atoms with Crippen LogP contribution in [0, 0.1) is 0 Å². The lowest BCUT2D eigenvalue weighted by atomic mass is 10.2. The third-order valence-electron chi connectivity index (χ3n) is 1.15. The van der Waals surface area contributed by atoms with E-state index in [1.165, 1.54) is 12.3 Å². The molecule has 0 atom stereocenters. The van der Waals surface area contributed by atoms with E-state index in [1.54, 1.807) is 6.92 Å². The van der Waals surface area contributed by atoms with E-state index in [2.05, 4.69) is 11.3 Å². The molecule has 0 amide bonds. The van der Waals surface area contributed by atoms with Gasteiger partial charge in [0.15, 0.2) is 0 Å². The van der Waals surface area contributed by atoms with Crippen LogP contribution in [-0.4, -0.2) is 6.61 Å². The number of hydrogen-bond donors (Lipinski definition) is 2. The summed E-state index contributed by atoms with van der Waals surface area (Å²) in [6.07, 6.45) is 2.53. The van der Waals surface area contributed by atoms with Gasteiger partial charge in [0.1, 0.15) is 5.76 Å². The molecule has 0 aliphatic carbocycles. The molecule has 0 bridgehead atoms. The second kappa shape index (κ2) is 5.18. The molecule has 13 heavy (non-hydrogen) atoms. The van der Waals surface area contributed by atoms with Crippen molar-refractivity contribution in [3.63, 3.8) is 0 Å². The van der Waals surface area contributed by atoms with Crippen LogP contribution < -0.4 is 11.5 Å². The summed E-state index contributed by atoms with van der Waals surface area (Å²) in [5.74, 6) is -0.172. The lowest BCUT2D eigenvalue weighted by molar-refractivity contribution is -0.0934. The topological polar surface area (TPSA) is 61.3 Å². The second-order valence-electron chi connectivity index (χ2n) is 2.32. The fourth-order valence-corrected chi connectivity index (χ4v) is 0.553. The summed E-state index contributed by atoms with van der Waals surface area (Å²) in [6, 6.07) is 0. The van der Waals surface area contributed by atoms with Crippen molar-refractivity contribution >= 4 is 0 Å². The Labute approximate surface area is 75.3 Å². The van der Waals surface area contributed by atoms with E-state index in [9.17, 15) is 8.78 Å². The maximum absolute atomic E-state index is 11.8. The van der Waals surface area contributed by atoms with Crippen LogP contribution in [0.1, 0.15) is 6.92 Å². The first kappa shape index (κ1) is 11.5. The first-order valence-electron chi connectivity index (χ1n) is 3.47. The quantitative estimate of drug-likeness (QED) is 0.521. The van der Waals surface area contributed by atoms with Crippen LogP contribution in [0.25, 0.3) is 0 Å². The zero-order valence-corrected chi connectivity index (χ0v) is 7.26. The van der Waals surface area contributed by atoms with Crippen molar-refractivity contribution in [2.75, 3.05) is 0 Å². The molecule has 3 nitrogen and oxygen atoms in total. The maximum Gasteiger partial charge on any atom is 0.387 e. The molecule has 0 aromatic heterocycles. The number of ether oxygens (including phenoxy) is 1. The molecular weight excluding hydrogens is 178 g/mol. The predicted octanol–water partition coefficient (Wildman–Crippen LogP) is 1.44. The average Bonchev–Trinajstić information content (AvgIpc) is 2.02. The van der Waals surface area contributed by atoms with Crippen molar-refractivity contribution in [2.24, 2.45) is 11.5 Å². The van der Waals surface area contributed by atoms with Gasteiger partial charge in [-0.15, -0.1) is 0 Å². The minimum absolute atomic E-state index is 0.0681. The van der Waals surface area contributed by atoms with E-state index >= 15 is 0 Å². The largest absolute Gasteiger partial charge is 0.433 e. The summed E-state index contributed by atoms with van der Waals surface area (Å²) in [5, 5.41) is 0. The summed E-state index contributed by atoms with van der Waals surface area (Å²) in [6.45, 7) is 1.98.